The number of hydrogen-bond donors (Lipinski definition) is 1. The molecule has 1 N–H and O–H groups in total. The van der Waals surface area contributed by atoms with E-state index in [1.54, 1.807) is 0 Å². The van der Waals surface area contributed by atoms with E-state index in [0.717, 1.165) is 39.0 Å². The summed E-state index contributed by atoms with van der Waals surface area (Å²) in [5.41, 5.74) is 1.17. The number of carbonyl (C=O) groups is 1. The summed E-state index contributed by atoms with van der Waals surface area (Å²) in [6.07, 6.45) is 7.35. The Hall–Kier alpha value is -1.40. The molecule has 2 aliphatic heterocycles. The molecule has 2 aliphatic rings. The molecule has 24 heavy (non-hydrogen) atoms. The Morgan fingerprint density at radius 2 is 2.12 bits per heavy atom. The molecule has 1 amide bonds. The Balaban J connectivity index is 1.61. The van der Waals surface area contributed by atoms with Crippen LogP contribution in [0.5, 0.6) is 0 Å². The van der Waals surface area contributed by atoms with Gasteiger partial charge in [0, 0.05) is 58.4 Å². The third-order valence-electron chi connectivity index (χ3n) is 5.68. The van der Waals surface area contributed by atoms with Crippen LogP contribution >= 0.6 is 0 Å². The standard InChI is InChI=1S/C18H31N5O/c1-4-7-23-8-5-15(6-9-23)22(3)18(24)17-12-19-11-16(17)14-10-20-21(2)13-14/h10,13,15-17,19H,4-9,11-12H2,1-3H3/t16-,17+/m1/s1. The van der Waals surface area contributed by atoms with E-state index in [9.17, 15) is 4.79 Å². The van der Waals surface area contributed by atoms with Crippen LogP contribution in [0.4, 0.5) is 0 Å². The first kappa shape index (κ1) is 17.4. The van der Waals surface area contributed by atoms with Crippen molar-refractivity contribution >= 4 is 5.91 Å². The number of piperidine rings is 1. The molecular formula is C18H31N5O. The van der Waals surface area contributed by atoms with Gasteiger partial charge in [-0.05, 0) is 31.4 Å². The minimum absolute atomic E-state index is 0.0351. The summed E-state index contributed by atoms with van der Waals surface area (Å²) in [4.78, 5) is 17.6. The number of amides is 1. The van der Waals surface area contributed by atoms with Crippen molar-refractivity contribution in [3.05, 3.63) is 18.0 Å². The molecule has 0 aromatic carbocycles. The molecular weight excluding hydrogens is 302 g/mol. The lowest BCUT2D eigenvalue weighted by atomic mass is 9.89. The number of aromatic nitrogens is 2. The average Bonchev–Trinajstić information content (AvgIpc) is 3.23. The zero-order chi connectivity index (χ0) is 17.1. The van der Waals surface area contributed by atoms with Gasteiger partial charge in [-0.15, -0.1) is 0 Å². The molecule has 2 saturated heterocycles. The van der Waals surface area contributed by atoms with Gasteiger partial charge in [-0.1, -0.05) is 6.92 Å². The summed E-state index contributed by atoms with van der Waals surface area (Å²) in [5.74, 6) is 0.574. The fourth-order valence-electron chi connectivity index (χ4n) is 4.21. The maximum atomic E-state index is 13.1. The van der Waals surface area contributed by atoms with E-state index in [0.29, 0.717) is 11.9 Å². The number of likely N-dealkylation sites (tertiary alicyclic amines) is 1. The Bertz CT molecular complexity index is 549. The van der Waals surface area contributed by atoms with Gasteiger partial charge in [-0.25, -0.2) is 0 Å². The van der Waals surface area contributed by atoms with Gasteiger partial charge in [0.2, 0.25) is 5.91 Å². The molecule has 0 unspecified atom stereocenters. The van der Waals surface area contributed by atoms with Gasteiger partial charge in [0.1, 0.15) is 0 Å². The van der Waals surface area contributed by atoms with Gasteiger partial charge in [-0.2, -0.15) is 5.10 Å². The van der Waals surface area contributed by atoms with Gasteiger partial charge in [0.25, 0.3) is 0 Å². The number of carbonyl (C=O) groups excluding carboxylic acids is 1. The van der Waals surface area contributed by atoms with E-state index in [4.69, 9.17) is 0 Å². The first-order chi connectivity index (χ1) is 11.6. The SMILES string of the molecule is CCCN1CCC(N(C)C(=O)[C@H]2CNC[C@@H]2c2cnn(C)c2)CC1. The van der Waals surface area contributed by atoms with Gasteiger partial charge in [-0.3, -0.25) is 9.48 Å². The van der Waals surface area contributed by atoms with Crippen molar-refractivity contribution in [1.82, 2.24) is 24.9 Å². The van der Waals surface area contributed by atoms with Gasteiger partial charge >= 0.3 is 0 Å². The second kappa shape index (κ2) is 7.66. The second-order valence-electron chi connectivity index (χ2n) is 7.34. The average molecular weight is 333 g/mol. The smallest absolute Gasteiger partial charge is 0.227 e. The fraction of sp³-hybridized carbons (Fsp3) is 0.778. The van der Waals surface area contributed by atoms with Gasteiger partial charge in [0.15, 0.2) is 0 Å². The van der Waals surface area contributed by atoms with Crippen LogP contribution in [0.3, 0.4) is 0 Å². The van der Waals surface area contributed by atoms with Crippen molar-refractivity contribution in [3.63, 3.8) is 0 Å². The van der Waals surface area contributed by atoms with Crippen molar-refractivity contribution in [2.24, 2.45) is 13.0 Å². The molecule has 134 valence electrons. The van der Waals surface area contributed by atoms with Crippen LogP contribution in [0.25, 0.3) is 0 Å². The Kier molecular flexibility index (Phi) is 5.56. The van der Waals surface area contributed by atoms with Gasteiger partial charge < -0.3 is 15.1 Å². The summed E-state index contributed by atoms with van der Waals surface area (Å²) in [5, 5.41) is 7.67. The van der Waals surface area contributed by atoms with Crippen LogP contribution in [0, 0.1) is 5.92 Å². The highest BCUT2D eigenvalue weighted by Crippen LogP contribution is 2.30. The second-order valence-corrected chi connectivity index (χ2v) is 7.34. The van der Waals surface area contributed by atoms with Crippen LogP contribution in [0.2, 0.25) is 0 Å². The number of rotatable bonds is 5. The number of nitrogens with one attached hydrogen (secondary N) is 1. The Morgan fingerprint density at radius 3 is 2.75 bits per heavy atom. The first-order valence-corrected chi connectivity index (χ1v) is 9.28. The number of hydrogen-bond acceptors (Lipinski definition) is 4. The molecule has 2 atom stereocenters. The van der Waals surface area contributed by atoms with E-state index in [2.05, 4.69) is 22.2 Å². The number of aryl methyl sites for hydroxylation is 1. The van der Waals surface area contributed by atoms with Crippen LogP contribution in [0.15, 0.2) is 12.4 Å². The first-order valence-electron chi connectivity index (χ1n) is 9.28. The van der Waals surface area contributed by atoms with Crippen molar-refractivity contribution in [2.75, 3.05) is 39.8 Å². The molecule has 2 fully saturated rings. The predicted octanol–water partition coefficient (Wildman–Crippen LogP) is 1.06. The van der Waals surface area contributed by atoms with Crippen molar-refractivity contribution in [3.8, 4) is 0 Å². The minimum atomic E-state index is 0.0351. The van der Waals surface area contributed by atoms with Crippen LogP contribution < -0.4 is 5.32 Å². The van der Waals surface area contributed by atoms with E-state index in [1.165, 1.54) is 18.5 Å². The molecule has 6 nitrogen and oxygen atoms in total. The lowest BCUT2D eigenvalue weighted by molar-refractivity contribution is -0.137. The fourth-order valence-corrected chi connectivity index (χ4v) is 4.21. The highest BCUT2D eigenvalue weighted by atomic mass is 16.2. The van der Waals surface area contributed by atoms with Crippen LogP contribution in [-0.2, 0) is 11.8 Å². The quantitative estimate of drug-likeness (QED) is 0.875. The molecule has 3 heterocycles. The Labute approximate surface area is 145 Å². The third kappa shape index (κ3) is 3.64. The summed E-state index contributed by atoms with van der Waals surface area (Å²) < 4.78 is 1.82. The Morgan fingerprint density at radius 1 is 1.38 bits per heavy atom. The number of nitrogens with zero attached hydrogens (tertiary/aromatic N) is 4. The molecule has 6 heteroatoms. The van der Waals surface area contributed by atoms with E-state index in [1.807, 2.05) is 36.1 Å². The zero-order valence-electron chi connectivity index (χ0n) is 15.2. The van der Waals surface area contributed by atoms with E-state index >= 15 is 0 Å². The largest absolute Gasteiger partial charge is 0.342 e. The summed E-state index contributed by atoms with van der Waals surface area (Å²) >= 11 is 0. The maximum absolute atomic E-state index is 13.1. The van der Waals surface area contributed by atoms with Crippen LogP contribution in [-0.4, -0.2) is 71.3 Å². The molecule has 0 saturated carbocycles. The molecule has 1 aromatic heterocycles. The normalized spacial score (nSPS) is 26.0. The minimum Gasteiger partial charge on any atom is -0.342 e. The predicted molar refractivity (Wildman–Crippen MR) is 94.8 cm³/mol. The van der Waals surface area contributed by atoms with Crippen molar-refractivity contribution in [1.29, 1.82) is 0 Å². The van der Waals surface area contributed by atoms with Crippen molar-refractivity contribution < 1.29 is 4.79 Å². The third-order valence-corrected chi connectivity index (χ3v) is 5.68. The van der Waals surface area contributed by atoms with E-state index in [-0.39, 0.29) is 11.8 Å². The molecule has 3 rings (SSSR count). The summed E-state index contributed by atoms with van der Waals surface area (Å²) in [7, 11) is 3.93. The zero-order valence-corrected chi connectivity index (χ0v) is 15.2. The van der Waals surface area contributed by atoms with Crippen molar-refractivity contribution in [2.45, 2.75) is 38.1 Å². The van der Waals surface area contributed by atoms with Crippen LogP contribution in [0.1, 0.15) is 37.7 Å². The summed E-state index contributed by atoms with van der Waals surface area (Å²) in [6.45, 7) is 7.28. The molecule has 0 radical (unpaired) electrons. The topological polar surface area (TPSA) is 53.4 Å². The molecule has 0 bridgehead atoms. The molecule has 0 spiro atoms. The molecule has 0 aliphatic carbocycles. The maximum Gasteiger partial charge on any atom is 0.227 e. The summed E-state index contributed by atoms with van der Waals surface area (Å²) in [6, 6.07) is 0.390. The lowest BCUT2D eigenvalue weighted by Gasteiger charge is -2.38. The highest BCUT2D eigenvalue weighted by molar-refractivity contribution is 5.80. The highest BCUT2D eigenvalue weighted by Gasteiger charge is 2.38. The molecule has 1 aromatic rings. The monoisotopic (exact) mass is 333 g/mol. The lowest BCUT2D eigenvalue weighted by Crippen LogP contribution is -2.48. The van der Waals surface area contributed by atoms with E-state index < -0.39 is 0 Å². The van der Waals surface area contributed by atoms with Gasteiger partial charge in [0.05, 0.1) is 12.1 Å².